The van der Waals surface area contributed by atoms with E-state index < -0.39 is 5.54 Å². The predicted octanol–water partition coefficient (Wildman–Crippen LogP) is 2.18. The Morgan fingerprint density at radius 2 is 1.89 bits per heavy atom. The smallest absolute Gasteiger partial charge is 0.235 e. The van der Waals surface area contributed by atoms with Gasteiger partial charge in [-0.25, -0.2) is 4.79 Å². The van der Waals surface area contributed by atoms with E-state index >= 15 is 0 Å². The van der Waals surface area contributed by atoms with Gasteiger partial charge in [0.1, 0.15) is 17.0 Å². The molecule has 0 bridgehead atoms. The molecule has 1 saturated carbocycles. The monoisotopic (exact) mass is 263 g/mol. The van der Waals surface area contributed by atoms with Crippen molar-refractivity contribution in [2.75, 3.05) is 21.3 Å². The van der Waals surface area contributed by atoms with Crippen molar-refractivity contribution >= 4 is 6.08 Å². The van der Waals surface area contributed by atoms with Crippen LogP contribution in [0.25, 0.3) is 0 Å². The first kappa shape index (κ1) is 13.6. The summed E-state index contributed by atoms with van der Waals surface area (Å²) < 4.78 is 15.9. The second-order valence-electron chi connectivity index (χ2n) is 4.53. The van der Waals surface area contributed by atoms with Crippen LogP contribution in [0.2, 0.25) is 0 Å². The Morgan fingerprint density at radius 1 is 1.21 bits per heavy atom. The number of carbonyl (C=O) groups excluding carboxylic acids is 1. The van der Waals surface area contributed by atoms with E-state index in [1.165, 1.54) is 0 Å². The molecule has 5 heteroatoms. The van der Waals surface area contributed by atoms with Crippen LogP contribution in [0.3, 0.4) is 0 Å². The summed E-state index contributed by atoms with van der Waals surface area (Å²) >= 11 is 0. The van der Waals surface area contributed by atoms with Crippen LogP contribution < -0.4 is 9.47 Å². The third-order valence-corrected chi connectivity index (χ3v) is 3.39. The molecule has 0 heterocycles. The summed E-state index contributed by atoms with van der Waals surface area (Å²) in [6.07, 6.45) is 3.32. The number of benzene rings is 1. The minimum absolute atomic E-state index is 0.432. The van der Waals surface area contributed by atoms with E-state index in [9.17, 15) is 4.79 Å². The standard InChI is InChI=1S/C14H17NO4/c1-17-8-10-6-11(14(4-5-14)15-9-16)13(19-3)7-12(10)18-2/h6-7H,4-5,8H2,1-3H3. The topological polar surface area (TPSA) is 57.1 Å². The van der Waals surface area contributed by atoms with Gasteiger partial charge in [-0.3, -0.25) is 0 Å². The fourth-order valence-corrected chi connectivity index (χ4v) is 2.24. The molecule has 0 N–H and O–H groups in total. The van der Waals surface area contributed by atoms with Gasteiger partial charge in [0.25, 0.3) is 0 Å². The molecule has 1 aromatic carbocycles. The Kier molecular flexibility index (Phi) is 3.88. The molecule has 1 aliphatic rings. The van der Waals surface area contributed by atoms with Crippen LogP contribution in [0.5, 0.6) is 11.5 Å². The zero-order valence-corrected chi connectivity index (χ0v) is 11.4. The quantitative estimate of drug-likeness (QED) is 0.583. The van der Waals surface area contributed by atoms with Gasteiger partial charge in [-0.05, 0) is 18.9 Å². The van der Waals surface area contributed by atoms with E-state index in [0.29, 0.717) is 18.1 Å². The summed E-state index contributed by atoms with van der Waals surface area (Å²) in [5.74, 6) is 1.38. The number of nitrogens with zero attached hydrogens (tertiary/aromatic N) is 1. The second-order valence-corrected chi connectivity index (χ2v) is 4.53. The summed E-state index contributed by atoms with van der Waals surface area (Å²) in [7, 11) is 4.82. The van der Waals surface area contributed by atoms with Gasteiger partial charge in [-0.2, -0.15) is 4.99 Å². The normalized spacial score (nSPS) is 15.5. The molecule has 0 unspecified atom stereocenters. The molecule has 0 atom stereocenters. The van der Waals surface area contributed by atoms with Crippen molar-refractivity contribution in [1.29, 1.82) is 0 Å². The van der Waals surface area contributed by atoms with Gasteiger partial charge in [0.05, 0.1) is 20.8 Å². The average molecular weight is 263 g/mol. The molecule has 0 aliphatic heterocycles. The van der Waals surface area contributed by atoms with E-state index in [2.05, 4.69) is 4.99 Å². The summed E-state index contributed by atoms with van der Waals surface area (Å²) in [4.78, 5) is 14.5. The minimum Gasteiger partial charge on any atom is -0.496 e. The molecular formula is C14H17NO4. The van der Waals surface area contributed by atoms with E-state index in [-0.39, 0.29) is 0 Å². The van der Waals surface area contributed by atoms with Crippen molar-refractivity contribution in [3.8, 4) is 11.5 Å². The maximum atomic E-state index is 10.6. The molecule has 1 fully saturated rings. The predicted molar refractivity (Wildman–Crippen MR) is 69.3 cm³/mol. The highest BCUT2D eigenvalue weighted by molar-refractivity contribution is 5.53. The highest BCUT2D eigenvalue weighted by Gasteiger charge is 2.47. The summed E-state index contributed by atoms with van der Waals surface area (Å²) in [5.41, 5.74) is 1.33. The lowest BCUT2D eigenvalue weighted by Crippen LogP contribution is -2.07. The lowest BCUT2D eigenvalue weighted by molar-refractivity contribution is 0.181. The third kappa shape index (κ3) is 2.48. The average Bonchev–Trinajstić information content (AvgIpc) is 3.20. The van der Waals surface area contributed by atoms with Crippen LogP contribution >= 0.6 is 0 Å². The lowest BCUT2D eigenvalue weighted by atomic mass is 10.0. The summed E-state index contributed by atoms with van der Waals surface area (Å²) in [5, 5.41) is 0. The summed E-state index contributed by atoms with van der Waals surface area (Å²) in [6, 6.07) is 3.75. The van der Waals surface area contributed by atoms with Crippen LogP contribution in [0.1, 0.15) is 24.0 Å². The molecule has 19 heavy (non-hydrogen) atoms. The van der Waals surface area contributed by atoms with Gasteiger partial charge in [-0.1, -0.05) is 0 Å². The molecule has 1 aliphatic carbocycles. The Bertz CT molecular complexity index is 516. The molecule has 0 saturated heterocycles. The Hall–Kier alpha value is -1.84. The highest BCUT2D eigenvalue weighted by Crippen LogP contribution is 2.53. The zero-order chi connectivity index (χ0) is 13.9. The first-order valence-electron chi connectivity index (χ1n) is 6.04. The maximum Gasteiger partial charge on any atom is 0.235 e. The molecule has 0 aromatic heterocycles. The molecule has 0 radical (unpaired) electrons. The zero-order valence-electron chi connectivity index (χ0n) is 11.4. The first-order chi connectivity index (χ1) is 9.20. The van der Waals surface area contributed by atoms with Gasteiger partial charge in [0, 0.05) is 24.3 Å². The van der Waals surface area contributed by atoms with Gasteiger partial charge in [-0.15, -0.1) is 0 Å². The Balaban J connectivity index is 2.53. The highest BCUT2D eigenvalue weighted by atomic mass is 16.5. The fourth-order valence-electron chi connectivity index (χ4n) is 2.24. The van der Waals surface area contributed by atoms with Crippen LogP contribution in [0.4, 0.5) is 0 Å². The number of hydrogen-bond donors (Lipinski definition) is 0. The first-order valence-corrected chi connectivity index (χ1v) is 6.04. The Labute approximate surface area is 112 Å². The van der Waals surface area contributed by atoms with Crippen molar-refractivity contribution in [2.24, 2.45) is 4.99 Å². The number of ether oxygens (including phenoxy) is 3. The van der Waals surface area contributed by atoms with Gasteiger partial charge in [0.2, 0.25) is 6.08 Å². The van der Waals surface area contributed by atoms with Crippen molar-refractivity contribution in [1.82, 2.24) is 0 Å². The SMILES string of the molecule is COCc1cc(C2(N=C=O)CC2)c(OC)cc1OC. The van der Waals surface area contributed by atoms with Crippen molar-refractivity contribution in [3.05, 3.63) is 23.3 Å². The number of methoxy groups -OCH3 is 3. The van der Waals surface area contributed by atoms with Gasteiger partial charge in [0.15, 0.2) is 0 Å². The molecular weight excluding hydrogens is 246 g/mol. The fraction of sp³-hybridized carbons (Fsp3) is 0.500. The van der Waals surface area contributed by atoms with Gasteiger partial charge < -0.3 is 14.2 Å². The van der Waals surface area contributed by atoms with Crippen molar-refractivity contribution in [2.45, 2.75) is 25.0 Å². The van der Waals surface area contributed by atoms with E-state index in [1.807, 2.05) is 12.1 Å². The molecule has 2 rings (SSSR count). The molecule has 5 nitrogen and oxygen atoms in total. The lowest BCUT2D eigenvalue weighted by Gasteiger charge is -2.17. The molecule has 0 spiro atoms. The van der Waals surface area contributed by atoms with E-state index in [0.717, 1.165) is 24.0 Å². The summed E-state index contributed by atoms with van der Waals surface area (Å²) in [6.45, 7) is 0.432. The van der Waals surface area contributed by atoms with Crippen LogP contribution in [0, 0.1) is 0 Å². The number of isocyanates is 1. The van der Waals surface area contributed by atoms with E-state index in [1.54, 1.807) is 27.4 Å². The van der Waals surface area contributed by atoms with Crippen LogP contribution in [0.15, 0.2) is 17.1 Å². The van der Waals surface area contributed by atoms with Crippen molar-refractivity contribution in [3.63, 3.8) is 0 Å². The van der Waals surface area contributed by atoms with Crippen LogP contribution in [-0.4, -0.2) is 27.4 Å². The third-order valence-electron chi connectivity index (χ3n) is 3.39. The number of aliphatic imine (C=N–C) groups is 1. The second kappa shape index (κ2) is 5.43. The maximum absolute atomic E-state index is 10.6. The van der Waals surface area contributed by atoms with Crippen LogP contribution in [-0.2, 0) is 21.7 Å². The Morgan fingerprint density at radius 3 is 2.37 bits per heavy atom. The number of rotatable bonds is 6. The van der Waals surface area contributed by atoms with Crippen molar-refractivity contribution < 1.29 is 19.0 Å². The number of hydrogen-bond acceptors (Lipinski definition) is 5. The molecule has 0 amide bonds. The van der Waals surface area contributed by atoms with Gasteiger partial charge >= 0.3 is 0 Å². The largest absolute Gasteiger partial charge is 0.496 e. The van der Waals surface area contributed by atoms with E-state index in [4.69, 9.17) is 14.2 Å². The molecule has 1 aromatic rings. The molecule has 102 valence electrons. The minimum atomic E-state index is -0.470.